The zero-order valence-electron chi connectivity index (χ0n) is 20.7. The highest BCUT2D eigenvalue weighted by atomic mass is 19.4. The summed E-state index contributed by atoms with van der Waals surface area (Å²) < 4.78 is 50.8. The van der Waals surface area contributed by atoms with Gasteiger partial charge >= 0.3 is 6.18 Å². The first-order valence-electron chi connectivity index (χ1n) is 13.4. The molecule has 0 unspecified atom stereocenters. The van der Waals surface area contributed by atoms with Crippen molar-refractivity contribution < 1.29 is 17.6 Å². The SMILES string of the molecule is N#C/C(F)=C/C=C/CCC1CCC([C@H]2CC[C@H](CCCCc3ccc(C(F)(F)F)cc3)CC2)CC1. The first kappa shape index (κ1) is 27.5. The molecule has 0 atom stereocenters. The van der Waals surface area contributed by atoms with Crippen LogP contribution in [0, 0.1) is 35.0 Å². The Hall–Kier alpha value is -2.09. The average molecular weight is 490 g/mol. The Balaban J connectivity index is 1.25. The van der Waals surface area contributed by atoms with Crippen molar-refractivity contribution in [1.29, 1.82) is 5.26 Å². The number of rotatable bonds is 10. The zero-order valence-corrected chi connectivity index (χ0v) is 20.7. The molecule has 2 saturated carbocycles. The largest absolute Gasteiger partial charge is 0.416 e. The van der Waals surface area contributed by atoms with Crippen LogP contribution in [-0.2, 0) is 12.6 Å². The lowest BCUT2D eigenvalue weighted by Crippen LogP contribution is -2.25. The molecule has 3 rings (SSSR count). The summed E-state index contributed by atoms with van der Waals surface area (Å²) in [5, 5.41) is 8.40. The second kappa shape index (κ2) is 13.9. The van der Waals surface area contributed by atoms with E-state index in [0.29, 0.717) is 0 Å². The molecule has 1 aromatic rings. The fourth-order valence-electron chi connectivity index (χ4n) is 6.14. The van der Waals surface area contributed by atoms with Crippen LogP contribution < -0.4 is 0 Å². The highest BCUT2D eigenvalue weighted by Crippen LogP contribution is 2.43. The summed E-state index contributed by atoms with van der Waals surface area (Å²) in [5.74, 6) is 2.63. The number of benzene rings is 1. The van der Waals surface area contributed by atoms with Crippen molar-refractivity contribution >= 4 is 0 Å². The fraction of sp³-hybridized carbons (Fsp3) is 0.633. The van der Waals surface area contributed by atoms with Crippen LogP contribution in [0.1, 0.15) is 94.6 Å². The predicted octanol–water partition coefficient (Wildman–Crippen LogP) is 9.74. The maximum atomic E-state index is 12.8. The predicted molar refractivity (Wildman–Crippen MR) is 133 cm³/mol. The van der Waals surface area contributed by atoms with Gasteiger partial charge < -0.3 is 0 Å². The number of hydrogen-bond donors (Lipinski definition) is 0. The van der Waals surface area contributed by atoms with Crippen molar-refractivity contribution in [2.75, 3.05) is 0 Å². The Morgan fingerprint density at radius 3 is 1.97 bits per heavy atom. The Morgan fingerprint density at radius 1 is 0.857 bits per heavy atom. The minimum Gasteiger partial charge on any atom is -0.195 e. The molecule has 192 valence electrons. The number of unbranched alkanes of at least 4 members (excludes halogenated alkanes) is 1. The normalized spacial score (nSPS) is 26.1. The van der Waals surface area contributed by atoms with Gasteiger partial charge in [-0.3, -0.25) is 0 Å². The molecule has 0 N–H and O–H groups in total. The third-order valence-corrected chi connectivity index (χ3v) is 8.29. The molecular formula is C30H39F4N. The Morgan fingerprint density at radius 2 is 1.43 bits per heavy atom. The van der Waals surface area contributed by atoms with Crippen LogP contribution in [0.25, 0.3) is 0 Å². The van der Waals surface area contributed by atoms with Crippen molar-refractivity contribution in [2.45, 2.75) is 96.1 Å². The summed E-state index contributed by atoms with van der Waals surface area (Å²) in [7, 11) is 0. The first-order valence-corrected chi connectivity index (χ1v) is 13.4. The van der Waals surface area contributed by atoms with E-state index in [1.165, 1.54) is 82.1 Å². The third-order valence-electron chi connectivity index (χ3n) is 8.29. The molecule has 5 heteroatoms. The summed E-state index contributed by atoms with van der Waals surface area (Å²) in [6.07, 6.45) is 17.7. The third kappa shape index (κ3) is 9.47. The molecule has 0 aliphatic heterocycles. The van der Waals surface area contributed by atoms with Gasteiger partial charge in [0.05, 0.1) is 5.56 Å². The first-order chi connectivity index (χ1) is 16.8. The zero-order chi connectivity index (χ0) is 25.1. The lowest BCUT2D eigenvalue weighted by Gasteiger charge is -2.38. The molecule has 1 nitrogen and oxygen atoms in total. The molecule has 0 radical (unpaired) electrons. The van der Waals surface area contributed by atoms with E-state index in [2.05, 4.69) is 0 Å². The number of nitriles is 1. The van der Waals surface area contributed by atoms with E-state index in [-0.39, 0.29) is 0 Å². The molecule has 0 spiro atoms. The van der Waals surface area contributed by atoms with E-state index >= 15 is 0 Å². The highest BCUT2D eigenvalue weighted by molar-refractivity contribution is 5.24. The van der Waals surface area contributed by atoms with Crippen molar-refractivity contribution in [3.05, 3.63) is 59.4 Å². The number of hydrogen-bond acceptors (Lipinski definition) is 1. The number of allylic oxidation sites excluding steroid dienone is 4. The minimum absolute atomic E-state index is 0.567. The van der Waals surface area contributed by atoms with Gasteiger partial charge in [-0.25, -0.2) is 0 Å². The summed E-state index contributed by atoms with van der Waals surface area (Å²) in [6, 6.07) is 7.11. The summed E-state index contributed by atoms with van der Waals surface area (Å²) in [4.78, 5) is 0. The van der Waals surface area contributed by atoms with Crippen molar-refractivity contribution in [3.63, 3.8) is 0 Å². The topological polar surface area (TPSA) is 23.8 Å². The minimum atomic E-state index is -4.26. The highest BCUT2D eigenvalue weighted by Gasteiger charge is 2.31. The standard InChI is InChI=1S/C30H39F4N/c31-29(22-35)9-3-1-2-6-23-10-16-26(17-11-23)27-18-12-24(13-19-27)7-4-5-8-25-14-20-28(21-15-25)30(32,33)34/h1,3,9,14-15,20-21,23-24,26-27H,2,4-8,10-13,16-19H2/b3-1+,29-9-/t23?,24-,26?,27-. The lowest BCUT2D eigenvalue weighted by molar-refractivity contribution is -0.137. The van der Waals surface area contributed by atoms with Crippen LogP contribution in [0.2, 0.25) is 0 Å². The van der Waals surface area contributed by atoms with Crippen LogP contribution in [0.5, 0.6) is 0 Å². The van der Waals surface area contributed by atoms with E-state index in [1.54, 1.807) is 18.2 Å². The molecule has 35 heavy (non-hydrogen) atoms. The van der Waals surface area contributed by atoms with Gasteiger partial charge in [-0.15, -0.1) is 0 Å². The molecule has 1 aromatic carbocycles. The molecule has 0 saturated heterocycles. The average Bonchev–Trinajstić information content (AvgIpc) is 2.87. The van der Waals surface area contributed by atoms with Crippen molar-refractivity contribution in [2.24, 2.45) is 23.7 Å². The van der Waals surface area contributed by atoms with Gasteiger partial charge in [0.2, 0.25) is 0 Å². The van der Waals surface area contributed by atoms with Crippen LogP contribution in [-0.4, -0.2) is 0 Å². The molecule has 0 heterocycles. The Kier molecular flexibility index (Phi) is 10.9. The second-order valence-corrected chi connectivity index (χ2v) is 10.6. The van der Waals surface area contributed by atoms with E-state index in [0.717, 1.165) is 61.3 Å². The fourth-order valence-corrected chi connectivity index (χ4v) is 6.14. The summed E-state index contributed by atoms with van der Waals surface area (Å²) in [5.41, 5.74) is 0.431. The van der Waals surface area contributed by atoms with E-state index in [9.17, 15) is 17.6 Å². The van der Waals surface area contributed by atoms with Gasteiger partial charge in [0.25, 0.3) is 0 Å². The maximum Gasteiger partial charge on any atom is 0.416 e. The van der Waals surface area contributed by atoms with Crippen molar-refractivity contribution in [1.82, 2.24) is 0 Å². The van der Waals surface area contributed by atoms with Crippen LogP contribution in [0.3, 0.4) is 0 Å². The van der Waals surface area contributed by atoms with Crippen LogP contribution in [0.4, 0.5) is 17.6 Å². The van der Waals surface area contributed by atoms with Gasteiger partial charge in [-0.2, -0.15) is 22.8 Å². The van der Waals surface area contributed by atoms with Gasteiger partial charge in [0.1, 0.15) is 6.07 Å². The monoisotopic (exact) mass is 489 g/mol. The number of alkyl halides is 3. The van der Waals surface area contributed by atoms with Gasteiger partial charge in [-0.05, 0) is 98.8 Å². The maximum absolute atomic E-state index is 12.8. The van der Waals surface area contributed by atoms with Gasteiger partial charge in [0.15, 0.2) is 5.83 Å². The summed E-state index contributed by atoms with van der Waals surface area (Å²) >= 11 is 0. The molecule has 0 bridgehead atoms. The number of aryl methyl sites for hydroxylation is 1. The quantitative estimate of drug-likeness (QED) is 0.139. The van der Waals surface area contributed by atoms with Crippen molar-refractivity contribution in [3.8, 4) is 6.07 Å². The van der Waals surface area contributed by atoms with Gasteiger partial charge in [-0.1, -0.05) is 62.8 Å². The molecular weight excluding hydrogens is 450 g/mol. The Bertz CT molecular complexity index is 846. The number of nitrogens with zero attached hydrogens (tertiary/aromatic N) is 1. The Labute approximate surface area is 208 Å². The molecule has 2 aliphatic carbocycles. The van der Waals surface area contributed by atoms with Gasteiger partial charge in [0, 0.05) is 0 Å². The van der Waals surface area contributed by atoms with E-state index in [4.69, 9.17) is 5.26 Å². The van der Waals surface area contributed by atoms with Crippen LogP contribution >= 0.6 is 0 Å². The molecule has 2 aliphatic rings. The molecule has 0 amide bonds. The lowest BCUT2D eigenvalue weighted by atomic mass is 9.68. The summed E-state index contributed by atoms with van der Waals surface area (Å²) in [6.45, 7) is 0. The molecule has 2 fully saturated rings. The van der Waals surface area contributed by atoms with Crippen LogP contribution in [0.15, 0.2) is 48.3 Å². The van der Waals surface area contributed by atoms with E-state index in [1.807, 2.05) is 6.08 Å². The number of halogens is 4. The molecule has 0 aromatic heterocycles. The second-order valence-electron chi connectivity index (χ2n) is 10.6. The smallest absolute Gasteiger partial charge is 0.195 e. The van der Waals surface area contributed by atoms with E-state index < -0.39 is 17.6 Å².